The molecule has 1 unspecified atom stereocenters. The van der Waals surface area contributed by atoms with E-state index in [1.807, 2.05) is 6.92 Å². The highest BCUT2D eigenvalue weighted by Crippen LogP contribution is 2.42. The van der Waals surface area contributed by atoms with Gasteiger partial charge in [0.05, 0.1) is 20.1 Å². The Morgan fingerprint density at radius 3 is 2.32 bits per heavy atom. The highest BCUT2D eigenvalue weighted by molar-refractivity contribution is 9.10. The molecule has 0 fully saturated rings. The molecule has 0 radical (unpaired) electrons. The third-order valence-electron chi connectivity index (χ3n) is 3.54. The minimum Gasteiger partial charge on any atom is -0.479 e. The van der Waals surface area contributed by atoms with E-state index in [9.17, 15) is 23.1 Å². The Labute approximate surface area is 177 Å². The van der Waals surface area contributed by atoms with E-state index in [0.29, 0.717) is 29.4 Å². The van der Waals surface area contributed by atoms with Gasteiger partial charge in [-0.3, -0.25) is 0 Å². The molecule has 0 aliphatic heterocycles. The van der Waals surface area contributed by atoms with E-state index in [0.717, 1.165) is 0 Å². The van der Waals surface area contributed by atoms with Crippen molar-refractivity contribution in [3.8, 4) is 17.2 Å². The zero-order valence-corrected chi connectivity index (χ0v) is 17.4. The van der Waals surface area contributed by atoms with Crippen LogP contribution >= 0.6 is 39.1 Å². The van der Waals surface area contributed by atoms with Crippen molar-refractivity contribution >= 4 is 45.1 Å². The molecule has 2 aromatic rings. The number of ether oxygens (including phenoxy) is 2. The fourth-order valence-electron chi connectivity index (χ4n) is 2.22. The first-order valence-electron chi connectivity index (χ1n) is 7.96. The number of carboxylic acid groups (broad SMARTS) is 1. The summed E-state index contributed by atoms with van der Waals surface area (Å²) in [6, 6.07) is 5.85. The maximum Gasteiger partial charge on any atom is 0.416 e. The van der Waals surface area contributed by atoms with Gasteiger partial charge >= 0.3 is 12.1 Å². The first-order valence-corrected chi connectivity index (χ1v) is 9.51. The smallest absolute Gasteiger partial charge is 0.416 e. The predicted octanol–water partition coefficient (Wildman–Crippen LogP) is 7.20. The zero-order chi connectivity index (χ0) is 21.1. The van der Waals surface area contributed by atoms with E-state index in [2.05, 4.69) is 15.9 Å². The standard InChI is InChI=1S/C18H14BrCl2F3O4/c1-2-3-14(17(25)26)28-15-8-10(4-5-11(15)19)27-16-12(20)6-9(7-13(16)21)18(22,23)24/h4-8,14H,2-3H2,1H3,(H,25,26). The molecule has 1 atom stereocenters. The number of halogens is 6. The van der Waals surface area contributed by atoms with Crippen molar-refractivity contribution in [3.05, 3.63) is 50.4 Å². The van der Waals surface area contributed by atoms with Gasteiger partial charge in [-0.1, -0.05) is 36.5 Å². The lowest BCUT2D eigenvalue weighted by Gasteiger charge is -2.17. The second-order valence-electron chi connectivity index (χ2n) is 5.69. The average molecular weight is 502 g/mol. The van der Waals surface area contributed by atoms with Crippen LogP contribution in [0.5, 0.6) is 17.2 Å². The molecule has 152 valence electrons. The van der Waals surface area contributed by atoms with Crippen molar-refractivity contribution in [1.29, 1.82) is 0 Å². The molecular weight excluding hydrogens is 488 g/mol. The van der Waals surface area contributed by atoms with Gasteiger partial charge in [-0.25, -0.2) is 4.79 Å². The molecule has 1 N–H and O–H groups in total. The van der Waals surface area contributed by atoms with Gasteiger partial charge in [-0.15, -0.1) is 0 Å². The minimum absolute atomic E-state index is 0.155. The van der Waals surface area contributed by atoms with Crippen LogP contribution in [-0.2, 0) is 11.0 Å². The van der Waals surface area contributed by atoms with E-state index in [1.54, 1.807) is 6.07 Å². The molecule has 0 aliphatic carbocycles. The second-order valence-corrected chi connectivity index (χ2v) is 7.36. The van der Waals surface area contributed by atoms with Gasteiger partial charge in [0.1, 0.15) is 11.5 Å². The van der Waals surface area contributed by atoms with Gasteiger partial charge in [0.25, 0.3) is 0 Å². The number of carboxylic acids is 1. The molecule has 0 aliphatic rings. The highest BCUT2D eigenvalue weighted by atomic mass is 79.9. The fourth-order valence-corrected chi connectivity index (χ4v) is 3.13. The summed E-state index contributed by atoms with van der Waals surface area (Å²) in [5.41, 5.74) is -1.00. The fraction of sp³-hybridized carbons (Fsp3) is 0.278. The maximum absolute atomic E-state index is 12.8. The molecule has 2 rings (SSSR count). The third kappa shape index (κ3) is 5.68. The van der Waals surface area contributed by atoms with Crippen LogP contribution in [0.25, 0.3) is 0 Å². The molecule has 4 nitrogen and oxygen atoms in total. The molecule has 0 amide bonds. The summed E-state index contributed by atoms with van der Waals surface area (Å²) in [4.78, 5) is 11.3. The number of alkyl halides is 3. The van der Waals surface area contributed by atoms with Gasteiger partial charge in [0, 0.05) is 6.07 Å². The Hall–Kier alpha value is -1.64. The Kier molecular flexibility index (Phi) is 7.47. The van der Waals surface area contributed by atoms with Crippen LogP contribution in [0.15, 0.2) is 34.8 Å². The van der Waals surface area contributed by atoms with Crippen molar-refractivity contribution in [3.63, 3.8) is 0 Å². The molecule has 0 bridgehead atoms. The summed E-state index contributed by atoms with van der Waals surface area (Å²) < 4.78 is 50.0. The zero-order valence-electron chi connectivity index (χ0n) is 14.3. The van der Waals surface area contributed by atoms with Crippen LogP contribution in [0, 0.1) is 0 Å². The van der Waals surface area contributed by atoms with Crippen molar-refractivity contribution in [2.75, 3.05) is 0 Å². The number of hydrogen-bond donors (Lipinski definition) is 1. The lowest BCUT2D eigenvalue weighted by Crippen LogP contribution is -2.26. The maximum atomic E-state index is 12.8. The summed E-state index contributed by atoms with van der Waals surface area (Å²) in [6.45, 7) is 1.82. The lowest BCUT2D eigenvalue weighted by atomic mass is 10.2. The van der Waals surface area contributed by atoms with E-state index in [4.69, 9.17) is 32.7 Å². The summed E-state index contributed by atoms with van der Waals surface area (Å²) in [6.07, 6.45) is -4.77. The van der Waals surface area contributed by atoms with Gasteiger partial charge in [-0.05, 0) is 46.6 Å². The van der Waals surface area contributed by atoms with Gasteiger partial charge in [0.2, 0.25) is 0 Å². The first kappa shape index (κ1) is 22.6. The molecular formula is C18H14BrCl2F3O4. The van der Waals surface area contributed by atoms with E-state index in [-0.39, 0.29) is 27.3 Å². The molecule has 28 heavy (non-hydrogen) atoms. The van der Waals surface area contributed by atoms with Crippen LogP contribution in [0.1, 0.15) is 25.3 Å². The SMILES string of the molecule is CCCC(Oc1cc(Oc2c(Cl)cc(C(F)(F)F)cc2Cl)ccc1Br)C(=O)O. The van der Waals surface area contributed by atoms with Crippen molar-refractivity contribution in [2.45, 2.75) is 32.0 Å². The Morgan fingerprint density at radius 2 is 1.82 bits per heavy atom. The van der Waals surface area contributed by atoms with Crippen LogP contribution in [0.4, 0.5) is 13.2 Å². The van der Waals surface area contributed by atoms with Gasteiger partial charge in [0.15, 0.2) is 11.9 Å². The highest BCUT2D eigenvalue weighted by Gasteiger charge is 2.32. The number of rotatable bonds is 7. The van der Waals surface area contributed by atoms with Crippen LogP contribution in [0.2, 0.25) is 10.0 Å². The number of aliphatic carboxylic acids is 1. The van der Waals surface area contributed by atoms with Crippen molar-refractivity contribution < 1.29 is 32.5 Å². The molecule has 0 heterocycles. The molecule has 0 saturated carbocycles. The summed E-state index contributed by atoms with van der Waals surface area (Å²) >= 11 is 15.1. The van der Waals surface area contributed by atoms with E-state index >= 15 is 0 Å². The second kappa shape index (κ2) is 9.24. The lowest BCUT2D eigenvalue weighted by molar-refractivity contribution is -0.145. The predicted molar refractivity (Wildman–Crippen MR) is 103 cm³/mol. The van der Waals surface area contributed by atoms with E-state index in [1.165, 1.54) is 12.1 Å². The molecule has 2 aromatic carbocycles. The number of benzene rings is 2. The largest absolute Gasteiger partial charge is 0.479 e. The molecule has 0 saturated heterocycles. The van der Waals surface area contributed by atoms with Crippen LogP contribution in [0.3, 0.4) is 0 Å². The summed E-state index contributed by atoms with van der Waals surface area (Å²) in [7, 11) is 0. The van der Waals surface area contributed by atoms with Crippen LogP contribution < -0.4 is 9.47 Å². The van der Waals surface area contributed by atoms with Gasteiger partial charge < -0.3 is 14.6 Å². The molecule has 10 heteroatoms. The average Bonchev–Trinajstić information content (AvgIpc) is 2.59. The Bertz CT molecular complexity index is 851. The monoisotopic (exact) mass is 500 g/mol. The van der Waals surface area contributed by atoms with E-state index < -0.39 is 23.8 Å². The Morgan fingerprint density at radius 1 is 1.21 bits per heavy atom. The van der Waals surface area contributed by atoms with Crippen molar-refractivity contribution in [1.82, 2.24) is 0 Å². The normalized spacial score (nSPS) is 12.5. The van der Waals surface area contributed by atoms with Crippen molar-refractivity contribution in [2.24, 2.45) is 0 Å². The van der Waals surface area contributed by atoms with Crippen LogP contribution in [-0.4, -0.2) is 17.2 Å². The number of hydrogen-bond acceptors (Lipinski definition) is 3. The number of carbonyl (C=O) groups is 1. The first-order chi connectivity index (χ1) is 13.0. The summed E-state index contributed by atoms with van der Waals surface area (Å²) in [5, 5.41) is 8.59. The molecule has 0 spiro atoms. The third-order valence-corrected chi connectivity index (χ3v) is 4.76. The quantitative estimate of drug-likeness (QED) is 0.435. The topological polar surface area (TPSA) is 55.8 Å². The molecule has 0 aromatic heterocycles. The van der Waals surface area contributed by atoms with Gasteiger partial charge in [-0.2, -0.15) is 13.2 Å². The minimum atomic E-state index is -4.60. The summed E-state index contributed by atoms with van der Waals surface area (Å²) in [5.74, 6) is -0.929. The Balaban J connectivity index is 2.32.